The number of aromatic nitrogens is 1. The lowest BCUT2D eigenvalue weighted by atomic mass is 10.2. The summed E-state index contributed by atoms with van der Waals surface area (Å²) in [6.45, 7) is 0. The number of halogens is 2. The zero-order chi connectivity index (χ0) is 12.3. The van der Waals surface area contributed by atoms with Crippen LogP contribution in [0.1, 0.15) is 10.4 Å². The number of hydrogen-bond acceptors (Lipinski definition) is 2. The molecule has 2 rings (SSSR count). The molecule has 0 radical (unpaired) electrons. The number of carbonyl (C=O) groups is 1. The second kappa shape index (κ2) is 5.29. The lowest BCUT2D eigenvalue weighted by Crippen LogP contribution is -2.12. The largest absolute Gasteiger partial charge is 0.321 e. The molecule has 0 saturated heterocycles. The third-order valence-corrected chi connectivity index (χ3v) is 2.84. The van der Waals surface area contributed by atoms with Crippen molar-refractivity contribution in [1.29, 1.82) is 0 Å². The van der Waals surface area contributed by atoms with Crippen molar-refractivity contribution in [3.63, 3.8) is 0 Å². The van der Waals surface area contributed by atoms with Crippen molar-refractivity contribution in [2.24, 2.45) is 0 Å². The van der Waals surface area contributed by atoms with Gasteiger partial charge >= 0.3 is 0 Å². The van der Waals surface area contributed by atoms with Crippen molar-refractivity contribution < 1.29 is 4.79 Å². The minimum atomic E-state index is -0.254. The molecule has 0 aliphatic carbocycles. The Labute approximate surface area is 112 Å². The van der Waals surface area contributed by atoms with Gasteiger partial charge in [-0.05, 0) is 34.1 Å². The van der Waals surface area contributed by atoms with Gasteiger partial charge in [0.25, 0.3) is 5.91 Å². The molecule has 1 aromatic heterocycles. The van der Waals surface area contributed by atoms with E-state index in [0.29, 0.717) is 16.3 Å². The van der Waals surface area contributed by atoms with Gasteiger partial charge in [-0.3, -0.25) is 9.78 Å². The Morgan fingerprint density at radius 1 is 1.29 bits per heavy atom. The highest BCUT2D eigenvalue weighted by atomic mass is 79.9. The van der Waals surface area contributed by atoms with Gasteiger partial charge in [0.2, 0.25) is 0 Å². The number of rotatable bonds is 2. The minimum absolute atomic E-state index is 0.254. The highest BCUT2D eigenvalue weighted by molar-refractivity contribution is 9.10. The highest BCUT2D eigenvalue weighted by Crippen LogP contribution is 2.18. The van der Waals surface area contributed by atoms with Crippen LogP contribution >= 0.6 is 27.5 Å². The molecule has 1 heterocycles. The average Bonchev–Trinajstić information content (AvgIpc) is 2.29. The Kier molecular flexibility index (Phi) is 3.76. The fourth-order valence-electron chi connectivity index (χ4n) is 1.32. The minimum Gasteiger partial charge on any atom is -0.321 e. The van der Waals surface area contributed by atoms with Crippen molar-refractivity contribution in [2.75, 3.05) is 5.32 Å². The molecular weight excluding hydrogens is 304 g/mol. The van der Waals surface area contributed by atoms with Crippen LogP contribution in [0.3, 0.4) is 0 Å². The van der Waals surface area contributed by atoms with Crippen LogP contribution in [-0.2, 0) is 0 Å². The highest BCUT2D eigenvalue weighted by Gasteiger charge is 2.09. The fourth-order valence-corrected chi connectivity index (χ4v) is 1.91. The van der Waals surface area contributed by atoms with E-state index in [0.717, 1.165) is 4.47 Å². The summed E-state index contributed by atoms with van der Waals surface area (Å²) < 4.78 is 0.800. The zero-order valence-corrected chi connectivity index (χ0v) is 11.0. The molecule has 1 amide bonds. The predicted molar refractivity (Wildman–Crippen MR) is 71.3 cm³/mol. The molecule has 0 bridgehead atoms. The second-order valence-electron chi connectivity index (χ2n) is 3.33. The first kappa shape index (κ1) is 12.1. The smallest absolute Gasteiger partial charge is 0.257 e. The standard InChI is InChI=1S/C12H8BrClN2O/c13-8-5-9(7-15-6-8)16-12(17)10-3-1-2-4-11(10)14/h1-7H,(H,16,17). The first-order valence-electron chi connectivity index (χ1n) is 4.83. The molecule has 5 heteroatoms. The van der Waals surface area contributed by atoms with E-state index in [2.05, 4.69) is 26.2 Å². The molecule has 1 aromatic carbocycles. The summed E-state index contributed by atoms with van der Waals surface area (Å²) in [4.78, 5) is 15.9. The van der Waals surface area contributed by atoms with Crippen molar-refractivity contribution >= 4 is 39.1 Å². The van der Waals surface area contributed by atoms with Crippen LogP contribution in [0.2, 0.25) is 5.02 Å². The summed E-state index contributed by atoms with van der Waals surface area (Å²) in [7, 11) is 0. The number of nitrogens with one attached hydrogen (secondary N) is 1. The molecule has 86 valence electrons. The van der Waals surface area contributed by atoms with Gasteiger partial charge in [0, 0.05) is 10.7 Å². The number of benzene rings is 1. The van der Waals surface area contributed by atoms with E-state index in [1.807, 2.05) is 0 Å². The monoisotopic (exact) mass is 310 g/mol. The normalized spacial score (nSPS) is 10.0. The number of pyridine rings is 1. The summed E-state index contributed by atoms with van der Waals surface area (Å²) in [5, 5.41) is 3.15. The quantitative estimate of drug-likeness (QED) is 0.918. The van der Waals surface area contributed by atoms with E-state index in [9.17, 15) is 4.79 Å². The molecule has 0 spiro atoms. The SMILES string of the molecule is O=C(Nc1cncc(Br)c1)c1ccccc1Cl. The maximum absolute atomic E-state index is 11.9. The van der Waals surface area contributed by atoms with E-state index < -0.39 is 0 Å². The summed E-state index contributed by atoms with van der Waals surface area (Å²) in [6.07, 6.45) is 3.21. The third kappa shape index (κ3) is 3.05. The zero-order valence-electron chi connectivity index (χ0n) is 8.65. The van der Waals surface area contributed by atoms with Gasteiger partial charge in [-0.15, -0.1) is 0 Å². The first-order valence-corrected chi connectivity index (χ1v) is 6.00. The molecule has 0 aliphatic rings. The third-order valence-electron chi connectivity index (χ3n) is 2.08. The average molecular weight is 312 g/mol. The number of hydrogen-bond donors (Lipinski definition) is 1. The van der Waals surface area contributed by atoms with E-state index in [1.54, 1.807) is 42.7 Å². The predicted octanol–water partition coefficient (Wildman–Crippen LogP) is 3.75. The number of nitrogens with zero attached hydrogens (tertiary/aromatic N) is 1. The van der Waals surface area contributed by atoms with Crippen molar-refractivity contribution in [2.45, 2.75) is 0 Å². The van der Waals surface area contributed by atoms with Crippen molar-refractivity contribution in [3.05, 3.63) is 57.8 Å². The molecule has 0 atom stereocenters. The maximum Gasteiger partial charge on any atom is 0.257 e. The van der Waals surface area contributed by atoms with Crippen LogP contribution in [-0.4, -0.2) is 10.9 Å². The topological polar surface area (TPSA) is 42.0 Å². The molecule has 0 fully saturated rings. The van der Waals surface area contributed by atoms with Gasteiger partial charge in [0.15, 0.2) is 0 Å². The molecule has 17 heavy (non-hydrogen) atoms. The number of amides is 1. The van der Waals surface area contributed by atoms with Gasteiger partial charge < -0.3 is 5.32 Å². The molecular formula is C12H8BrClN2O. The van der Waals surface area contributed by atoms with Gasteiger partial charge in [-0.25, -0.2) is 0 Å². The van der Waals surface area contributed by atoms with Gasteiger partial charge in [-0.1, -0.05) is 23.7 Å². The molecule has 1 N–H and O–H groups in total. The van der Waals surface area contributed by atoms with Gasteiger partial charge in [0.1, 0.15) is 0 Å². The van der Waals surface area contributed by atoms with Gasteiger partial charge in [-0.2, -0.15) is 0 Å². The van der Waals surface area contributed by atoms with Crippen LogP contribution < -0.4 is 5.32 Å². The number of anilines is 1. The van der Waals surface area contributed by atoms with E-state index in [-0.39, 0.29) is 5.91 Å². The van der Waals surface area contributed by atoms with Crippen LogP contribution in [0, 0.1) is 0 Å². The molecule has 0 saturated carbocycles. The lowest BCUT2D eigenvalue weighted by Gasteiger charge is -2.06. The van der Waals surface area contributed by atoms with E-state index in [1.165, 1.54) is 0 Å². The molecule has 3 nitrogen and oxygen atoms in total. The van der Waals surface area contributed by atoms with Crippen LogP contribution in [0.25, 0.3) is 0 Å². The fraction of sp³-hybridized carbons (Fsp3) is 0. The number of carbonyl (C=O) groups excluding carboxylic acids is 1. The summed E-state index contributed by atoms with van der Waals surface area (Å²) in [6, 6.07) is 8.65. The van der Waals surface area contributed by atoms with E-state index in [4.69, 9.17) is 11.6 Å². The Hall–Kier alpha value is -1.39. The molecule has 2 aromatic rings. The lowest BCUT2D eigenvalue weighted by molar-refractivity contribution is 0.102. The van der Waals surface area contributed by atoms with Crippen molar-refractivity contribution in [1.82, 2.24) is 4.98 Å². The second-order valence-corrected chi connectivity index (χ2v) is 4.65. The van der Waals surface area contributed by atoms with E-state index >= 15 is 0 Å². The Bertz CT molecular complexity index is 560. The van der Waals surface area contributed by atoms with Crippen LogP contribution in [0.15, 0.2) is 47.2 Å². The maximum atomic E-state index is 11.9. The Morgan fingerprint density at radius 2 is 2.06 bits per heavy atom. The summed E-state index contributed by atoms with van der Waals surface area (Å²) in [5.74, 6) is -0.254. The first-order chi connectivity index (χ1) is 8.16. The van der Waals surface area contributed by atoms with Crippen LogP contribution in [0.5, 0.6) is 0 Å². The van der Waals surface area contributed by atoms with Gasteiger partial charge in [0.05, 0.1) is 22.5 Å². The Balaban J connectivity index is 2.20. The summed E-state index contributed by atoms with van der Waals surface area (Å²) >= 11 is 9.21. The van der Waals surface area contributed by atoms with Crippen LogP contribution in [0.4, 0.5) is 5.69 Å². The summed E-state index contributed by atoms with van der Waals surface area (Å²) in [5.41, 5.74) is 1.05. The molecule has 0 unspecified atom stereocenters. The molecule has 0 aliphatic heterocycles. The van der Waals surface area contributed by atoms with Crippen molar-refractivity contribution in [3.8, 4) is 0 Å². The Morgan fingerprint density at radius 3 is 2.76 bits per heavy atom.